The van der Waals surface area contributed by atoms with Crippen LogP contribution in [-0.2, 0) is 9.59 Å². The van der Waals surface area contributed by atoms with Crippen molar-refractivity contribution in [1.82, 2.24) is 40.8 Å². The molecule has 0 aliphatic heterocycles. The van der Waals surface area contributed by atoms with Crippen LogP contribution in [-0.4, -0.2) is 52.7 Å². The van der Waals surface area contributed by atoms with Crippen LogP contribution in [0.3, 0.4) is 0 Å². The van der Waals surface area contributed by atoms with E-state index in [-0.39, 0.29) is 22.5 Å². The predicted octanol–water partition coefficient (Wildman–Crippen LogP) is -0.470. The van der Waals surface area contributed by atoms with Gasteiger partial charge in [0.05, 0.1) is 0 Å². The van der Waals surface area contributed by atoms with Gasteiger partial charge in [-0.2, -0.15) is 0 Å². The highest BCUT2D eigenvalue weighted by atomic mass is 16.6. The Hall–Kier alpha value is -3.96. The average molecular weight is 326 g/mol. The van der Waals surface area contributed by atoms with E-state index in [0.717, 1.165) is 0 Å². The number of esters is 2. The summed E-state index contributed by atoms with van der Waals surface area (Å²) in [4.78, 5) is 31.7. The summed E-state index contributed by atoms with van der Waals surface area (Å²) in [6.07, 6.45) is 2.75. The summed E-state index contributed by atoms with van der Waals surface area (Å²) in [5.41, 5.74) is 1.04. The largest absolute Gasteiger partial charge is 0.423 e. The standard InChI is InChI=1S/C12H6N8O4/c21-11(23-5-1-3-13-9-7(5)15-19-17-9)12(22)24-6-2-4-14-10-8(6)16-20-18-10/h1-4H,(H,13,15,17,19)(H,14,16,18,20). The van der Waals surface area contributed by atoms with Crippen LogP contribution in [0.5, 0.6) is 11.5 Å². The topological polar surface area (TPSA) is 162 Å². The van der Waals surface area contributed by atoms with E-state index >= 15 is 0 Å². The summed E-state index contributed by atoms with van der Waals surface area (Å²) in [5.74, 6) is -2.42. The van der Waals surface area contributed by atoms with Gasteiger partial charge in [-0.1, -0.05) is 10.4 Å². The molecule has 0 saturated carbocycles. The number of ether oxygens (including phenoxy) is 2. The molecule has 0 bridgehead atoms. The van der Waals surface area contributed by atoms with Gasteiger partial charge in [-0.15, -0.1) is 10.2 Å². The summed E-state index contributed by atoms with van der Waals surface area (Å²) in [5, 5.41) is 19.5. The molecule has 0 fully saturated rings. The van der Waals surface area contributed by atoms with E-state index in [4.69, 9.17) is 9.47 Å². The first-order chi connectivity index (χ1) is 11.7. The molecule has 0 radical (unpaired) electrons. The summed E-state index contributed by atoms with van der Waals surface area (Å²) in [6, 6.07) is 2.75. The minimum atomic E-state index is -1.24. The Labute approximate surface area is 131 Å². The molecule has 0 aliphatic carbocycles. The average Bonchev–Trinajstić information content (AvgIpc) is 3.24. The lowest BCUT2D eigenvalue weighted by molar-refractivity contribution is -0.156. The fraction of sp³-hybridized carbons (Fsp3) is 0. The van der Waals surface area contributed by atoms with Crippen molar-refractivity contribution in [3.8, 4) is 11.5 Å². The maximum absolute atomic E-state index is 11.9. The summed E-state index contributed by atoms with van der Waals surface area (Å²) >= 11 is 0. The second kappa shape index (κ2) is 5.35. The molecule has 0 aromatic carbocycles. The number of H-pyrrole nitrogens is 2. The zero-order valence-electron chi connectivity index (χ0n) is 11.6. The van der Waals surface area contributed by atoms with E-state index in [9.17, 15) is 9.59 Å². The Bertz CT molecular complexity index is 985. The lowest BCUT2D eigenvalue weighted by Crippen LogP contribution is -2.25. The number of carbonyl (C=O) groups is 2. The third-order valence-electron chi connectivity index (χ3n) is 2.96. The van der Waals surface area contributed by atoms with Gasteiger partial charge in [0.1, 0.15) is 0 Å². The van der Waals surface area contributed by atoms with Gasteiger partial charge in [0.2, 0.25) is 0 Å². The summed E-state index contributed by atoms with van der Waals surface area (Å²) < 4.78 is 9.96. The number of fused-ring (bicyclic) bond motifs is 2. The minimum absolute atomic E-state index is 0.0250. The first kappa shape index (κ1) is 13.7. The molecule has 118 valence electrons. The van der Waals surface area contributed by atoms with E-state index in [2.05, 4.69) is 40.8 Å². The van der Waals surface area contributed by atoms with Crippen LogP contribution >= 0.6 is 0 Å². The Balaban J connectivity index is 1.55. The second-order valence-corrected chi connectivity index (χ2v) is 4.42. The Morgan fingerprint density at radius 2 is 1.25 bits per heavy atom. The molecular weight excluding hydrogens is 320 g/mol. The maximum atomic E-state index is 11.9. The highest BCUT2D eigenvalue weighted by molar-refractivity contribution is 6.31. The molecule has 0 amide bonds. The number of carbonyl (C=O) groups excluding carboxylic acids is 2. The van der Waals surface area contributed by atoms with Crippen molar-refractivity contribution in [2.45, 2.75) is 0 Å². The molecule has 0 aliphatic rings. The molecular formula is C12H6N8O4. The summed E-state index contributed by atoms with van der Waals surface area (Å²) in [7, 11) is 0. The van der Waals surface area contributed by atoms with Gasteiger partial charge in [-0.3, -0.25) is 0 Å². The van der Waals surface area contributed by atoms with Gasteiger partial charge in [-0.25, -0.2) is 29.8 Å². The number of aromatic nitrogens is 8. The number of nitrogens with zero attached hydrogens (tertiary/aromatic N) is 6. The first-order valence-corrected chi connectivity index (χ1v) is 6.48. The van der Waals surface area contributed by atoms with Crippen LogP contribution in [0.4, 0.5) is 0 Å². The van der Waals surface area contributed by atoms with Gasteiger partial charge in [0.15, 0.2) is 33.8 Å². The minimum Gasteiger partial charge on any atom is -0.415 e. The molecule has 0 saturated heterocycles. The second-order valence-electron chi connectivity index (χ2n) is 4.42. The number of nitrogens with one attached hydrogen (secondary N) is 2. The molecule has 0 spiro atoms. The molecule has 24 heavy (non-hydrogen) atoms. The van der Waals surface area contributed by atoms with Crippen LogP contribution in [0.2, 0.25) is 0 Å². The lowest BCUT2D eigenvalue weighted by atomic mass is 10.4. The maximum Gasteiger partial charge on any atom is 0.423 e. The van der Waals surface area contributed by atoms with Gasteiger partial charge in [0, 0.05) is 24.5 Å². The Morgan fingerprint density at radius 1 is 0.792 bits per heavy atom. The summed E-state index contributed by atoms with van der Waals surface area (Å²) in [6.45, 7) is 0. The lowest BCUT2D eigenvalue weighted by Gasteiger charge is -2.05. The van der Waals surface area contributed by atoms with Crippen molar-refractivity contribution in [3.05, 3.63) is 24.5 Å². The van der Waals surface area contributed by atoms with E-state index in [0.29, 0.717) is 11.3 Å². The third kappa shape index (κ3) is 2.27. The molecule has 4 heterocycles. The van der Waals surface area contributed by atoms with E-state index in [1.807, 2.05) is 0 Å². The first-order valence-electron chi connectivity index (χ1n) is 6.48. The molecule has 2 N–H and O–H groups in total. The number of hydrogen-bond donors (Lipinski definition) is 2. The normalized spacial score (nSPS) is 10.8. The number of pyridine rings is 2. The molecule has 0 unspecified atom stereocenters. The fourth-order valence-corrected chi connectivity index (χ4v) is 1.92. The van der Waals surface area contributed by atoms with Crippen LogP contribution in [0.1, 0.15) is 0 Å². The number of aromatic amines is 2. The molecule has 4 aromatic heterocycles. The van der Waals surface area contributed by atoms with Crippen molar-refractivity contribution in [1.29, 1.82) is 0 Å². The zero-order valence-corrected chi connectivity index (χ0v) is 11.6. The molecule has 4 rings (SSSR count). The van der Waals surface area contributed by atoms with Crippen molar-refractivity contribution in [3.63, 3.8) is 0 Å². The van der Waals surface area contributed by atoms with Gasteiger partial charge in [0.25, 0.3) is 0 Å². The van der Waals surface area contributed by atoms with Crippen LogP contribution in [0.15, 0.2) is 24.5 Å². The molecule has 4 aromatic rings. The fourth-order valence-electron chi connectivity index (χ4n) is 1.92. The van der Waals surface area contributed by atoms with E-state index in [1.165, 1.54) is 24.5 Å². The molecule has 0 atom stereocenters. The van der Waals surface area contributed by atoms with Crippen molar-refractivity contribution >= 4 is 34.3 Å². The van der Waals surface area contributed by atoms with Crippen molar-refractivity contribution in [2.24, 2.45) is 0 Å². The Morgan fingerprint density at radius 3 is 1.71 bits per heavy atom. The quantitative estimate of drug-likeness (QED) is 0.363. The predicted molar refractivity (Wildman–Crippen MR) is 74.6 cm³/mol. The Kier molecular flexibility index (Phi) is 3.05. The smallest absolute Gasteiger partial charge is 0.415 e. The number of hydrogen-bond acceptors (Lipinski definition) is 10. The van der Waals surface area contributed by atoms with Gasteiger partial charge < -0.3 is 9.47 Å². The SMILES string of the molecule is O=C(Oc1ccnc2[nH]nnc12)C(=O)Oc1ccnc2[nH]nnc12. The van der Waals surface area contributed by atoms with Crippen LogP contribution in [0, 0.1) is 0 Å². The molecule has 12 nitrogen and oxygen atoms in total. The molecule has 12 heteroatoms. The van der Waals surface area contributed by atoms with Gasteiger partial charge >= 0.3 is 11.9 Å². The highest BCUT2D eigenvalue weighted by Gasteiger charge is 2.23. The third-order valence-corrected chi connectivity index (χ3v) is 2.96. The monoisotopic (exact) mass is 326 g/mol. The highest BCUT2D eigenvalue weighted by Crippen LogP contribution is 2.21. The number of rotatable bonds is 2. The zero-order chi connectivity index (χ0) is 16.5. The van der Waals surface area contributed by atoms with Gasteiger partial charge in [-0.05, 0) is 0 Å². The van der Waals surface area contributed by atoms with Crippen molar-refractivity contribution < 1.29 is 19.1 Å². The van der Waals surface area contributed by atoms with Crippen LogP contribution < -0.4 is 9.47 Å². The van der Waals surface area contributed by atoms with E-state index in [1.54, 1.807) is 0 Å². The van der Waals surface area contributed by atoms with Crippen LogP contribution in [0.25, 0.3) is 22.3 Å². The van der Waals surface area contributed by atoms with E-state index < -0.39 is 11.9 Å². The van der Waals surface area contributed by atoms with Crippen molar-refractivity contribution in [2.75, 3.05) is 0 Å².